The van der Waals surface area contributed by atoms with E-state index in [9.17, 15) is 14.0 Å². The Bertz CT molecular complexity index is 830. The highest BCUT2D eigenvalue weighted by Crippen LogP contribution is 2.20. The van der Waals surface area contributed by atoms with Crippen molar-refractivity contribution in [3.8, 4) is 0 Å². The van der Waals surface area contributed by atoms with Crippen molar-refractivity contribution in [2.75, 3.05) is 5.32 Å². The van der Waals surface area contributed by atoms with Gasteiger partial charge >= 0.3 is 0 Å². The summed E-state index contributed by atoms with van der Waals surface area (Å²) in [7, 11) is 0. The van der Waals surface area contributed by atoms with Crippen LogP contribution in [0.2, 0.25) is 0 Å². The fraction of sp³-hybridized carbons (Fsp3) is 0.158. The van der Waals surface area contributed by atoms with Crippen molar-refractivity contribution < 1.29 is 14.0 Å². The molecule has 1 aliphatic rings. The van der Waals surface area contributed by atoms with Gasteiger partial charge in [-0.25, -0.2) is 4.39 Å². The lowest BCUT2D eigenvalue weighted by Gasteiger charge is -2.04. The van der Waals surface area contributed by atoms with E-state index in [0.717, 1.165) is 18.4 Å². The molecule has 1 aliphatic carbocycles. The summed E-state index contributed by atoms with van der Waals surface area (Å²) in [6.07, 6.45) is 5.01. The van der Waals surface area contributed by atoms with Gasteiger partial charge in [0.2, 0.25) is 5.91 Å². The minimum absolute atomic E-state index is 0.0820. The number of anilines is 1. The van der Waals surface area contributed by atoms with Crippen molar-refractivity contribution in [3.63, 3.8) is 0 Å². The fourth-order valence-electron chi connectivity index (χ4n) is 2.18. The van der Waals surface area contributed by atoms with Crippen molar-refractivity contribution in [2.45, 2.75) is 18.9 Å². The molecule has 3 rings (SSSR count). The number of carbonyl (C=O) groups is 2. The standard InChI is InChI=1S/C19H16BrFN2O2/c20-14-6-9-17(16(21)11-14)23-18(24)10-3-12-1-4-13(5-2-12)19(25)22-15-7-8-15/h1-6,9-11,15H,7-8H2,(H,22,25)(H,23,24)/b10-3+. The topological polar surface area (TPSA) is 58.2 Å². The van der Waals surface area contributed by atoms with E-state index in [1.807, 2.05) is 0 Å². The Balaban J connectivity index is 1.58. The quantitative estimate of drug-likeness (QED) is 0.738. The molecule has 0 unspecified atom stereocenters. The van der Waals surface area contributed by atoms with Crippen LogP contribution < -0.4 is 10.6 Å². The van der Waals surface area contributed by atoms with E-state index in [1.165, 1.54) is 18.2 Å². The second kappa shape index (κ2) is 7.61. The highest BCUT2D eigenvalue weighted by Gasteiger charge is 2.23. The molecule has 0 radical (unpaired) electrons. The van der Waals surface area contributed by atoms with E-state index in [1.54, 1.807) is 36.4 Å². The number of rotatable bonds is 5. The Labute approximate surface area is 153 Å². The molecule has 128 valence electrons. The molecule has 1 fully saturated rings. The highest BCUT2D eigenvalue weighted by atomic mass is 79.9. The van der Waals surface area contributed by atoms with E-state index in [2.05, 4.69) is 26.6 Å². The molecule has 0 bridgehead atoms. The van der Waals surface area contributed by atoms with E-state index in [0.29, 0.717) is 16.1 Å². The summed E-state index contributed by atoms with van der Waals surface area (Å²) >= 11 is 3.16. The second-order valence-electron chi connectivity index (χ2n) is 5.82. The highest BCUT2D eigenvalue weighted by molar-refractivity contribution is 9.10. The summed E-state index contributed by atoms with van der Waals surface area (Å²) < 4.78 is 14.3. The van der Waals surface area contributed by atoms with Gasteiger partial charge in [-0.2, -0.15) is 0 Å². The molecule has 0 aromatic heterocycles. The number of nitrogens with one attached hydrogen (secondary N) is 2. The van der Waals surface area contributed by atoms with Crippen LogP contribution in [0.4, 0.5) is 10.1 Å². The van der Waals surface area contributed by atoms with Crippen LogP contribution >= 0.6 is 15.9 Å². The average molecular weight is 403 g/mol. The molecule has 6 heteroatoms. The molecule has 4 nitrogen and oxygen atoms in total. The minimum Gasteiger partial charge on any atom is -0.349 e. The molecule has 1 saturated carbocycles. The lowest BCUT2D eigenvalue weighted by Crippen LogP contribution is -2.25. The molecule has 2 amide bonds. The number of carbonyl (C=O) groups excluding carboxylic acids is 2. The van der Waals surface area contributed by atoms with Crippen molar-refractivity contribution in [3.05, 3.63) is 70.0 Å². The number of benzene rings is 2. The van der Waals surface area contributed by atoms with Gasteiger partial charge < -0.3 is 10.6 Å². The maximum absolute atomic E-state index is 13.7. The summed E-state index contributed by atoms with van der Waals surface area (Å²) in [5.41, 5.74) is 1.48. The summed E-state index contributed by atoms with van der Waals surface area (Å²) in [5.74, 6) is -1.03. The number of hydrogen-bond acceptors (Lipinski definition) is 2. The fourth-order valence-corrected chi connectivity index (χ4v) is 2.51. The van der Waals surface area contributed by atoms with E-state index in [4.69, 9.17) is 0 Å². The van der Waals surface area contributed by atoms with E-state index < -0.39 is 11.7 Å². The van der Waals surface area contributed by atoms with Gasteiger partial charge in [0.05, 0.1) is 5.69 Å². The molecule has 0 spiro atoms. The molecule has 0 heterocycles. The van der Waals surface area contributed by atoms with Crippen molar-refractivity contribution >= 4 is 39.5 Å². The van der Waals surface area contributed by atoms with Gasteiger partial charge in [0, 0.05) is 22.2 Å². The molecular formula is C19H16BrFN2O2. The largest absolute Gasteiger partial charge is 0.349 e. The zero-order valence-corrected chi connectivity index (χ0v) is 14.8. The third kappa shape index (κ3) is 5.00. The summed E-state index contributed by atoms with van der Waals surface area (Å²) in [6.45, 7) is 0. The predicted molar refractivity (Wildman–Crippen MR) is 98.7 cm³/mol. The van der Waals surface area contributed by atoms with Crippen LogP contribution in [-0.2, 0) is 4.79 Å². The normalized spacial score (nSPS) is 13.7. The van der Waals surface area contributed by atoms with Gasteiger partial charge in [-0.3, -0.25) is 9.59 Å². The van der Waals surface area contributed by atoms with E-state index in [-0.39, 0.29) is 11.6 Å². The Morgan fingerprint density at radius 1 is 1.12 bits per heavy atom. The van der Waals surface area contributed by atoms with Crippen LogP contribution in [0.1, 0.15) is 28.8 Å². The monoisotopic (exact) mass is 402 g/mol. The van der Waals surface area contributed by atoms with Gasteiger partial charge in [-0.1, -0.05) is 28.1 Å². The molecule has 25 heavy (non-hydrogen) atoms. The van der Waals surface area contributed by atoms with Crippen LogP contribution in [0.5, 0.6) is 0 Å². The Morgan fingerprint density at radius 2 is 1.84 bits per heavy atom. The molecule has 2 aromatic carbocycles. The van der Waals surface area contributed by atoms with Crippen molar-refractivity contribution in [1.82, 2.24) is 5.32 Å². The predicted octanol–water partition coefficient (Wildman–Crippen LogP) is 4.13. The summed E-state index contributed by atoms with van der Waals surface area (Å²) in [6, 6.07) is 11.7. The molecule has 2 N–H and O–H groups in total. The van der Waals surface area contributed by atoms with Crippen LogP contribution in [0.25, 0.3) is 6.08 Å². The maximum atomic E-state index is 13.7. The smallest absolute Gasteiger partial charge is 0.251 e. The Morgan fingerprint density at radius 3 is 2.48 bits per heavy atom. The lowest BCUT2D eigenvalue weighted by atomic mass is 10.1. The van der Waals surface area contributed by atoms with Gasteiger partial charge in [-0.15, -0.1) is 0 Å². The molecule has 0 saturated heterocycles. The SMILES string of the molecule is O=C(/C=C/c1ccc(C(=O)NC2CC2)cc1)Nc1ccc(Br)cc1F. The van der Waals surface area contributed by atoms with Gasteiger partial charge in [0.25, 0.3) is 5.91 Å². The van der Waals surface area contributed by atoms with Gasteiger partial charge in [0.1, 0.15) is 5.82 Å². The molecule has 0 atom stereocenters. The van der Waals surface area contributed by atoms with Crippen molar-refractivity contribution in [2.24, 2.45) is 0 Å². The average Bonchev–Trinajstić information content (AvgIpc) is 3.40. The van der Waals surface area contributed by atoms with Crippen LogP contribution in [-0.4, -0.2) is 17.9 Å². The number of amides is 2. The molecule has 0 aliphatic heterocycles. The summed E-state index contributed by atoms with van der Waals surface area (Å²) in [5, 5.41) is 5.40. The first-order valence-corrected chi connectivity index (χ1v) is 8.65. The lowest BCUT2D eigenvalue weighted by molar-refractivity contribution is -0.111. The zero-order valence-electron chi connectivity index (χ0n) is 13.3. The Kier molecular flexibility index (Phi) is 5.28. The number of halogens is 2. The molecular weight excluding hydrogens is 387 g/mol. The first-order chi connectivity index (χ1) is 12.0. The van der Waals surface area contributed by atoms with Crippen LogP contribution in [0.3, 0.4) is 0 Å². The third-order valence-corrected chi connectivity index (χ3v) is 4.19. The zero-order chi connectivity index (χ0) is 17.8. The Hall–Kier alpha value is -2.47. The second-order valence-corrected chi connectivity index (χ2v) is 6.73. The molecule has 2 aromatic rings. The van der Waals surface area contributed by atoms with Gasteiger partial charge in [0.15, 0.2) is 0 Å². The van der Waals surface area contributed by atoms with E-state index >= 15 is 0 Å². The third-order valence-electron chi connectivity index (χ3n) is 3.70. The van der Waals surface area contributed by atoms with Crippen LogP contribution in [0.15, 0.2) is 53.0 Å². The first kappa shape index (κ1) is 17.4. The van der Waals surface area contributed by atoms with Crippen LogP contribution in [0, 0.1) is 5.82 Å². The summed E-state index contributed by atoms with van der Waals surface area (Å²) in [4.78, 5) is 23.8. The number of hydrogen-bond donors (Lipinski definition) is 2. The maximum Gasteiger partial charge on any atom is 0.251 e. The minimum atomic E-state index is -0.512. The van der Waals surface area contributed by atoms with Crippen molar-refractivity contribution in [1.29, 1.82) is 0 Å². The first-order valence-electron chi connectivity index (χ1n) is 7.86. The van der Waals surface area contributed by atoms with Gasteiger partial charge in [-0.05, 0) is 54.8 Å².